The highest BCUT2D eigenvalue weighted by Gasteiger charge is 2.29. The summed E-state index contributed by atoms with van der Waals surface area (Å²) in [5, 5.41) is 4.98. The highest BCUT2D eigenvalue weighted by Crippen LogP contribution is 2.22. The predicted octanol–water partition coefficient (Wildman–Crippen LogP) is 0.906. The van der Waals surface area contributed by atoms with Crippen LogP contribution in [0.25, 0.3) is 0 Å². The number of aromatic nitrogens is 1. The molecule has 1 aliphatic rings. The molecule has 5 nitrogen and oxygen atoms in total. The van der Waals surface area contributed by atoms with Gasteiger partial charge in [0.15, 0.2) is 15.0 Å². The zero-order valence-electron chi connectivity index (χ0n) is 8.55. The monoisotopic (exact) mass is 260 g/mol. The molecule has 16 heavy (non-hydrogen) atoms. The highest BCUT2D eigenvalue weighted by atomic mass is 32.2. The van der Waals surface area contributed by atoms with Crippen LogP contribution in [0.5, 0.6) is 0 Å². The number of hydrogen-bond acceptors (Lipinski definition) is 5. The van der Waals surface area contributed by atoms with E-state index in [2.05, 4.69) is 10.3 Å². The minimum Gasteiger partial charge on any atom is -0.302 e. The fourth-order valence-corrected chi connectivity index (χ4v) is 4.16. The van der Waals surface area contributed by atoms with Crippen molar-refractivity contribution in [2.75, 3.05) is 16.8 Å². The maximum absolute atomic E-state index is 11.5. The molecule has 7 heteroatoms. The van der Waals surface area contributed by atoms with E-state index in [9.17, 15) is 13.2 Å². The molecule has 0 saturated carbocycles. The molecular weight excluding hydrogens is 248 g/mol. The van der Waals surface area contributed by atoms with Gasteiger partial charge >= 0.3 is 0 Å². The number of thiazole rings is 1. The van der Waals surface area contributed by atoms with Crippen LogP contribution < -0.4 is 5.32 Å². The molecule has 0 bridgehead atoms. The van der Waals surface area contributed by atoms with Gasteiger partial charge in [0.2, 0.25) is 5.91 Å². The minimum atomic E-state index is -2.90. The Morgan fingerprint density at radius 2 is 2.44 bits per heavy atom. The lowest BCUT2D eigenvalue weighted by Crippen LogP contribution is -2.17. The van der Waals surface area contributed by atoms with Gasteiger partial charge < -0.3 is 5.32 Å². The van der Waals surface area contributed by atoms with Crippen LogP contribution in [0.2, 0.25) is 0 Å². The summed E-state index contributed by atoms with van der Waals surface area (Å²) in [5.41, 5.74) is 0. The van der Waals surface area contributed by atoms with Crippen LogP contribution in [-0.2, 0) is 14.6 Å². The van der Waals surface area contributed by atoms with E-state index in [4.69, 9.17) is 0 Å². The summed E-state index contributed by atoms with van der Waals surface area (Å²) in [4.78, 5) is 15.5. The van der Waals surface area contributed by atoms with E-state index in [0.717, 1.165) is 0 Å². The van der Waals surface area contributed by atoms with Crippen molar-refractivity contribution in [2.45, 2.75) is 12.8 Å². The molecule has 1 N–H and O–H groups in total. The number of rotatable bonds is 3. The van der Waals surface area contributed by atoms with Crippen molar-refractivity contribution in [3.05, 3.63) is 11.6 Å². The lowest BCUT2D eigenvalue weighted by molar-refractivity contribution is -0.116. The molecule has 0 aliphatic carbocycles. The quantitative estimate of drug-likeness (QED) is 0.876. The first kappa shape index (κ1) is 11.5. The van der Waals surface area contributed by atoms with Crippen molar-refractivity contribution in [1.29, 1.82) is 0 Å². The van der Waals surface area contributed by atoms with Gasteiger partial charge in [-0.15, -0.1) is 11.3 Å². The van der Waals surface area contributed by atoms with E-state index in [1.165, 1.54) is 11.3 Å². The molecule has 0 spiro atoms. The smallest absolute Gasteiger partial charge is 0.226 e. The SMILES string of the molecule is O=C(CC1CCS(=O)(=O)C1)Nc1nccs1. The molecule has 88 valence electrons. The second-order valence-corrected chi connectivity index (χ2v) is 6.98. The Hall–Kier alpha value is -0.950. The standard InChI is InChI=1S/C9H12N2O3S2/c12-8(11-9-10-2-3-15-9)5-7-1-4-16(13,14)6-7/h2-3,7H,1,4-6H2,(H,10,11,12). The summed E-state index contributed by atoms with van der Waals surface area (Å²) in [6.45, 7) is 0. The summed E-state index contributed by atoms with van der Waals surface area (Å²) < 4.78 is 22.4. The maximum Gasteiger partial charge on any atom is 0.226 e. The van der Waals surface area contributed by atoms with Gasteiger partial charge in [0.25, 0.3) is 0 Å². The first-order valence-corrected chi connectivity index (χ1v) is 7.65. The normalized spacial score (nSPS) is 23.1. The first-order valence-electron chi connectivity index (χ1n) is 4.95. The Bertz CT molecular complexity index is 467. The molecule has 1 aliphatic heterocycles. The summed E-state index contributed by atoms with van der Waals surface area (Å²) >= 11 is 1.35. The molecule has 1 amide bonds. The van der Waals surface area contributed by atoms with Crippen molar-refractivity contribution in [3.63, 3.8) is 0 Å². The van der Waals surface area contributed by atoms with Crippen molar-refractivity contribution in [3.8, 4) is 0 Å². The average Bonchev–Trinajstić information content (AvgIpc) is 2.76. The highest BCUT2D eigenvalue weighted by molar-refractivity contribution is 7.91. The predicted molar refractivity (Wildman–Crippen MR) is 62.1 cm³/mol. The van der Waals surface area contributed by atoms with Gasteiger partial charge in [0, 0.05) is 18.0 Å². The second kappa shape index (κ2) is 4.50. The molecule has 1 unspecified atom stereocenters. The largest absolute Gasteiger partial charge is 0.302 e. The van der Waals surface area contributed by atoms with Crippen molar-refractivity contribution in [1.82, 2.24) is 4.98 Å². The van der Waals surface area contributed by atoms with Crippen LogP contribution in [0, 0.1) is 5.92 Å². The number of amides is 1. The van der Waals surface area contributed by atoms with E-state index in [-0.39, 0.29) is 29.8 Å². The molecule has 1 aromatic rings. The van der Waals surface area contributed by atoms with Gasteiger partial charge in [-0.1, -0.05) is 0 Å². The molecule has 1 saturated heterocycles. The Morgan fingerprint density at radius 1 is 1.62 bits per heavy atom. The second-order valence-electron chi connectivity index (χ2n) is 3.86. The van der Waals surface area contributed by atoms with E-state index in [1.807, 2.05) is 0 Å². The van der Waals surface area contributed by atoms with E-state index < -0.39 is 9.84 Å². The lowest BCUT2D eigenvalue weighted by Gasteiger charge is -2.06. The minimum absolute atomic E-state index is 0.0371. The summed E-state index contributed by atoms with van der Waals surface area (Å²) in [6.07, 6.45) is 2.47. The van der Waals surface area contributed by atoms with E-state index in [1.54, 1.807) is 11.6 Å². The number of carbonyl (C=O) groups is 1. The third-order valence-corrected chi connectivity index (χ3v) is 5.00. The lowest BCUT2D eigenvalue weighted by atomic mass is 10.1. The summed E-state index contributed by atoms with van der Waals surface area (Å²) in [7, 11) is -2.90. The number of hydrogen-bond donors (Lipinski definition) is 1. The van der Waals surface area contributed by atoms with Gasteiger partial charge in [0.1, 0.15) is 0 Å². The molecule has 1 atom stereocenters. The van der Waals surface area contributed by atoms with Crippen molar-refractivity contribution < 1.29 is 13.2 Å². The molecule has 2 rings (SSSR count). The van der Waals surface area contributed by atoms with Gasteiger partial charge in [-0.25, -0.2) is 13.4 Å². The molecule has 1 aromatic heterocycles. The third kappa shape index (κ3) is 3.02. The fraction of sp³-hybridized carbons (Fsp3) is 0.556. The Morgan fingerprint density at radius 3 is 3.00 bits per heavy atom. The third-order valence-electron chi connectivity index (χ3n) is 2.48. The maximum atomic E-state index is 11.5. The Kier molecular flexibility index (Phi) is 3.25. The molecule has 0 radical (unpaired) electrons. The zero-order valence-corrected chi connectivity index (χ0v) is 10.2. The van der Waals surface area contributed by atoms with Crippen LogP contribution in [0.3, 0.4) is 0 Å². The van der Waals surface area contributed by atoms with Crippen molar-refractivity contribution in [2.24, 2.45) is 5.92 Å². The fourth-order valence-electron chi connectivity index (χ4n) is 1.75. The molecular formula is C9H12N2O3S2. The van der Waals surface area contributed by atoms with Crippen LogP contribution >= 0.6 is 11.3 Å². The first-order chi connectivity index (χ1) is 7.55. The molecule has 0 aromatic carbocycles. The number of sulfone groups is 1. The van der Waals surface area contributed by atoms with E-state index in [0.29, 0.717) is 11.6 Å². The number of nitrogens with zero attached hydrogens (tertiary/aromatic N) is 1. The van der Waals surface area contributed by atoms with Crippen LogP contribution in [0.4, 0.5) is 5.13 Å². The number of carbonyl (C=O) groups excluding carboxylic acids is 1. The van der Waals surface area contributed by atoms with Crippen LogP contribution in [0.1, 0.15) is 12.8 Å². The van der Waals surface area contributed by atoms with Crippen LogP contribution in [-0.4, -0.2) is 30.8 Å². The topological polar surface area (TPSA) is 76.1 Å². The summed E-state index contributed by atoms with van der Waals surface area (Å²) in [6, 6.07) is 0. The zero-order chi connectivity index (χ0) is 11.6. The molecule has 1 fully saturated rings. The van der Waals surface area contributed by atoms with Gasteiger partial charge in [-0.3, -0.25) is 4.79 Å². The van der Waals surface area contributed by atoms with Gasteiger partial charge in [-0.05, 0) is 12.3 Å². The van der Waals surface area contributed by atoms with E-state index >= 15 is 0 Å². The average molecular weight is 260 g/mol. The Labute approximate surface area is 97.8 Å². The van der Waals surface area contributed by atoms with Gasteiger partial charge in [0.05, 0.1) is 11.5 Å². The molecule has 2 heterocycles. The number of nitrogens with one attached hydrogen (secondary N) is 1. The van der Waals surface area contributed by atoms with Crippen LogP contribution in [0.15, 0.2) is 11.6 Å². The Balaban J connectivity index is 1.85. The number of anilines is 1. The van der Waals surface area contributed by atoms with Crippen molar-refractivity contribution >= 4 is 32.2 Å². The summed E-state index contributed by atoms with van der Waals surface area (Å²) in [5.74, 6) is 0.155. The van der Waals surface area contributed by atoms with Gasteiger partial charge in [-0.2, -0.15) is 0 Å².